The van der Waals surface area contributed by atoms with Crippen molar-refractivity contribution in [1.29, 1.82) is 0 Å². The summed E-state index contributed by atoms with van der Waals surface area (Å²) in [6.07, 6.45) is 5.52. The minimum Gasteiger partial charge on any atom is -0.354 e. The van der Waals surface area contributed by atoms with Crippen LogP contribution in [0.2, 0.25) is 0 Å². The van der Waals surface area contributed by atoms with Gasteiger partial charge in [0.25, 0.3) is 0 Å². The molecule has 0 spiro atoms. The van der Waals surface area contributed by atoms with Gasteiger partial charge < -0.3 is 15.2 Å². The van der Waals surface area contributed by atoms with Crippen LogP contribution in [0.5, 0.6) is 0 Å². The first kappa shape index (κ1) is 20.0. The Bertz CT molecular complexity index is 815. The van der Waals surface area contributed by atoms with Crippen molar-refractivity contribution in [3.8, 4) is 0 Å². The smallest absolute Gasteiger partial charge is 0.191 e. The lowest BCUT2D eigenvalue weighted by molar-refractivity contribution is 0.580. The highest BCUT2D eigenvalue weighted by Gasteiger charge is 2.10. The number of aliphatic imine (C=N–C) groups is 1. The van der Waals surface area contributed by atoms with E-state index in [4.69, 9.17) is 0 Å². The molecule has 0 aliphatic rings. The number of benzene rings is 1. The molecule has 1 aromatic carbocycles. The molecule has 0 fully saturated rings. The Kier molecular flexibility index (Phi) is 7.20. The summed E-state index contributed by atoms with van der Waals surface area (Å²) < 4.78 is 24.6. The van der Waals surface area contributed by atoms with E-state index in [-0.39, 0.29) is 11.8 Å². The third-order valence-corrected chi connectivity index (χ3v) is 4.92. The maximum Gasteiger partial charge on any atom is 0.191 e. The number of rotatable bonds is 8. The van der Waals surface area contributed by atoms with Gasteiger partial charge in [0.1, 0.15) is 15.7 Å². The van der Waals surface area contributed by atoms with Crippen LogP contribution in [0.25, 0.3) is 0 Å². The molecule has 2 N–H and O–H groups in total. The first-order chi connectivity index (χ1) is 12.4. The highest BCUT2D eigenvalue weighted by molar-refractivity contribution is 7.90. The molecule has 0 radical (unpaired) electrons. The van der Waals surface area contributed by atoms with Crippen molar-refractivity contribution in [1.82, 2.24) is 20.2 Å². The number of sulfone groups is 1. The third kappa shape index (κ3) is 6.87. The van der Waals surface area contributed by atoms with Gasteiger partial charge in [-0.2, -0.15) is 0 Å². The van der Waals surface area contributed by atoms with Crippen LogP contribution in [-0.2, 0) is 22.9 Å². The number of imidazole rings is 1. The summed E-state index contributed by atoms with van der Waals surface area (Å²) in [6.45, 7) is 3.22. The highest BCUT2D eigenvalue weighted by Crippen LogP contribution is 2.05. The predicted molar refractivity (Wildman–Crippen MR) is 105 cm³/mol. The summed E-state index contributed by atoms with van der Waals surface area (Å²) in [5.74, 6) is 1.68. The molecule has 1 aromatic heterocycles. The van der Waals surface area contributed by atoms with E-state index in [0.717, 1.165) is 12.4 Å². The number of aromatic nitrogens is 2. The Hall–Kier alpha value is -2.35. The number of hydrogen-bond donors (Lipinski definition) is 2. The summed E-state index contributed by atoms with van der Waals surface area (Å²) in [5.41, 5.74) is 1.21. The molecule has 1 atom stereocenters. The Labute approximate surface area is 155 Å². The number of nitrogens with one attached hydrogen (secondary N) is 2. The van der Waals surface area contributed by atoms with Gasteiger partial charge >= 0.3 is 0 Å². The zero-order valence-electron chi connectivity index (χ0n) is 15.5. The topological polar surface area (TPSA) is 88.4 Å². The normalized spacial score (nSPS) is 13.4. The average molecular weight is 378 g/mol. The van der Waals surface area contributed by atoms with Crippen LogP contribution >= 0.6 is 0 Å². The van der Waals surface area contributed by atoms with E-state index in [2.05, 4.69) is 37.3 Å². The second-order valence-electron chi connectivity index (χ2n) is 6.35. The van der Waals surface area contributed by atoms with Crippen LogP contribution in [0.3, 0.4) is 0 Å². The van der Waals surface area contributed by atoms with Crippen molar-refractivity contribution < 1.29 is 8.42 Å². The lowest BCUT2D eigenvalue weighted by atomic mass is 10.2. The van der Waals surface area contributed by atoms with E-state index in [0.29, 0.717) is 18.9 Å². The van der Waals surface area contributed by atoms with Crippen LogP contribution in [0.4, 0.5) is 0 Å². The molecule has 8 heteroatoms. The standard InChI is InChI=1S/C18H27N5O2S/c1-15(9-12-26(3,24)25)22-18(19-2)21-13-17-20-10-11-23(17)14-16-7-5-4-6-8-16/h4-8,10-11,15H,9,12-14H2,1-3H3,(H2,19,21,22). The van der Waals surface area contributed by atoms with Crippen molar-refractivity contribution in [3.05, 3.63) is 54.1 Å². The van der Waals surface area contributed by atoms with Gasteiger partial charge in [-0.05, 0) is 18.9 Å². The van der Waals surface area contributed by atoms with E-state index >= 15 is 0 Å². The van der Waals surface area contributed by atoms with Gasteiger partial charge in [-0.25, -0.2) is 13.4 Å². The Morgan fingerprint density at radius 1 is 1.31 bits per heavy atom. The van der Waals surface area contributed by atoms with E-state index in [1.54, 1.807) is 13.2 Å². The fourth-order valence-corrected chi connectivity index (χ4v) is 3.27. The van der Waals surface area contributed by atoms with Crippen molar-refractivity contribution >= 4 is 15.8 Å². The number of nitrogens with zero attached hydrogens (tertiary/aromatic N) is 3. The minimum atomic E-state index is -2.96. The van der Waals surface area contributed by atoms with Crippen molar-refractivity contribution in [2.75, 3.05) is 19.1 Å². The van der Waals surface area contributed by atoms with Crippen LogP contribution in [0.1, 0.15) is 24.7 Å². The Morgan fingerprint density at radius 2 is 2.04 bits per heavy atom. The maximum atomic E-state index is 11.3. The number of hydrogen-bond acceptors (Lipinski definition) is 4. The summed E-state index contributed by atoms with van der Waals surface area (Å²) in [7, 11) is -1.27. The highest BCUT2D eigenvalue weighted by atomic mass is 32.2. The molecule has 0 saturated carbocycles. The monoisotopic (exact) mass is 377 g/mol. The molecule has 2 rings (SSSR count). The van der Waals surface area contributed by atoms with Gasteiger partial charge in [0, 0.05) is 38.3 Å². The van der Waals surface area contributed by atoms with Crippen LogP contribution in [0, 0.1) is 0 Å². The van der Waals surface area contributed by atoms with Gasteiger partial charge in [-0.1, -0.05) is 30.3 Å². The van der Waals surface area contributed by atoms with Crippen LogP contribution in [-0.4, -0.2) is 49.0 Å². The van der Waals surface area contributed by atoms with Crippen LogP contribution < -0.4 is 10.6 Å². The van der Waals surface area contributed by atoms with Crippen molar-refractivity contribution in [2.24, 2.45) is 4.99 Å². The summed E-state index contributed by atoms with van der Waals surface area (Å²) in [6, 6.07) is 10.2. The van der Waals surface area contributed by atoms with Gasteiger partial charge in [-0.15, -0.1) is 0 Å². The van der Waals surface area contributed by atoms with Crippen LogP contribution in [0.15, 0.2) is 47.7 Å². The SMILES string of the molecule is CN=C(NCc1nccn1Cc1ccccc1)NC(C)CCS(C)(=O)=O. The predicted octanol–water partition coefficient (Wildman–Crippen LogP) is 1.42. The molecule has 1 unspecified atom stereocenters. The third-order valence-electron chi connectivity index (χ3n) is 3.94. The largest absolute Gasteiger partial charge is 0.354 e. The van der Waals surface area contributed by atoms with Gasteiger partial charge in [0.2, 0.25) is 0 Å². The van der Waals surface area contributed by atoms with Gasteiger partial charge in [0.15, 0.2) is 5.96 Å². The van der Waals surface area contributed by atoms with Crippen molar-refractivity contribution in [3.63, 3.8) is 0 Å². The first-order valence-electron chi connectivity index (χ1n) is 8.56. The van der Waals surface area contributed by atoms with E-state index in [1.807, 2.05) is 31.3 Å². The Morgan fingerprint density at radius 3 is 2.69 bits per heavy atom. The maximum absolute atomic E-state index is 11.3. The molecule has 0 aliphatic heterocycles. The number of guanidine groups is 1. The average Bonchev–Trinajstić information content (AvgIpc) is 3.04. The summed E-state index contributed by atoms with van der Waals surface area (Å²) in [5, 5.41) is 6.44. The van der Waals surface area contributed by atoms with Gasteiger partial charge in [0.05, 0.1) is 12.3 Å². The molecule has 0 amide bonds. The molecule has 0 aliphatic carbocycles. The first-order valence-corrected chi connectivity index (χ1v) is 10.6. The van der Waals surface area contributed by atoms with Crippen molar-refractivity contribution in [2.45, 2.75) is 32.5 Å². The van der Waals surface area contributed by atoms with Gasteiger partial charge in [-0.3, -0.25) is 4.99 Å². The quantitative estimate of drug-likeness (QED) is 0.537. The fourth-order valence-electron chi connectivity index (χ4n) is 2.49. The molecular formula is C18H27N5O2S. The molecule has 7 nitrogen and oxygen atoms in total. The molecule has 0 saturated heterocycles. The molecule has 1 heterocycles. The second kappa shape index (κ2) is 9.38. The lowest BCUT2D eigenvalue weighted by Gasteiger charge is -2.18. The summed E-state index contributed by atoms with van der Waals surface area (Å²) in [4.78, 5) is 8.60. The molecule has 0 bridgehead atoms. The second-order valence-corrected chi connectivity index (χ2v) is 8.61. The van der Waals surface area contributed by atoms with E-state index in [9.17, 15) is 8.42 Å². The lowest BCUT2D eigenvalue weighted by Crippen LogP contribution is -2.42. The fraction of sp³-hybridized carbons (Fsp3) is 0.444. The zero-order chi connectivity index (χ0) is 19.0. The molecule has 2 aromatic rings. The Balaban J connectivity index is 1.88. The minimum absolute atomic E-state index is 0.0000105. The van der Waals surface area contributed by atoms with E-state index < -0.39 is 9.84 Å². The molecular weight excluding hydrogens is 350 g/mol. The summed E-state index contributed by atoms with van der Waals surface area (Å²) >= 11 is 0. The molecule has 142 valence electrons. The van der Waals surface area contributed by atoms with E-state index in [1.165, 1.54) is 11.8 Å². The zero-order valence-corrected chi connectivity index (χ0v) is 16.3. The molecule has 26 heavy (non-hydrogen) atoms.